The fourth-order valence-electron chi connectivity index (χ4n) is 1.48. The molecule has 0 radical (unpaired) electrons. The smallest absolute Gasteiger partial charge is 0.130 e. The van der Waals surface area contributed by atoms with Crippen molar-refractivity contribution in [2.24, 2.45) is 0 Å². The van der Waals surface area contributed by atoms with Crippen molar-refractivity contribution in [3.63, 3.8) is 0 Å². The fourth-order valence-corrected chi connectivity index (χ4v) is 1.48. The molecule has 2 rings (SSSR count). The summed E-state index contributed by atoms with van der Waals surface area (Å²) in [5.74, 6) is 1.93. The molecule has 0 aliphatic rings. The molecule has 0 spiro atoms. The van der Waals surface area contributed by atoms with Crippen molar-refractivity contribution in [1.82, 2.24) is 14.8 Å². The van der Waals surface area contributed by atoms with Gasteiger partial charge in [-0.1, -0.05) is 30.3 Å². The molecule has 3 nitrogen and oxygen atoms in total. The van der Waals surface area contributed by atoms with Gasteiger partial charge in [-0.15, -0.1) is 10.2 Å². The van der Waals surface area contributed by atoms with E-state index in [0.717, 1.165) is 18.2 Å². The summed E-state index contributed by atoms with van der Waals surface area (Å²) in [6.07, 6.45) is 0. The first-order valence-electron chi connectivity index (χ1n) is 4.67. The van der Waals surface area contributed by atoms with Crippen LogP contribution in [-0.4, -0.2) is 14.8 Å². The standard InChI is InChI=1S/C11H13N3/c1-9-12-13-10(2)14(9)8-11-6-4-3-5-7-11/h3-7H,8H2,1-2H3. The fraction of sp³-hybridized carbons (Fsp3) is 0.273. The molecule has 0 aliphatic heterocycles. The van der Waals surface area contributed by atoms with Crippen molar-refractivity contribution < 1.29 is 0 Å². The van der Waals surface area contributed by atoms with Gasteiger partial charge < -0.3 is 4.57 Å². The van der Waals surface area contributed by atoms with E-state index in [1.807, 2.05) is 32.0 Å². The summed E-state index contributed by atoms with van der Waals surface area (Å²) in [4.78, 5) is 0. The molecule has 0 amide bonds. The van der Waals surface area contributed by atoms with E-state index in [9.17, 15) is 0 Å². The van der Waals surface area contributed by atoms with Crippen molar-refractivity contribution in [3.8, 4) is 0 Å². The summed E-state index contributed by atoms with van der Waals surface area (Å²) < 4.78 is 2.11. The van der Waals surface area contributed by atoms with Crippen molar-refractivity contribution >= 4 is 0 Å². The number of hydrogen-bond acceptors (Lipinski definition) is 2. The lowest BCUT2D eigenvalue weighted by atomic mass is 10.2. The average molecular weight is 187 g/mol. The van der Waals surface area contributed by atoms with E-state index in [4.69, 9.17) is 0 Å². The molecule has 1 aromatic heterocycles. The summed E-state index contributed by atoms with van der Waals surface area (Å²) in [5.41, 5.74) is 1.28. The predicted octanol–water partition coefficient (Wildman–Crippen LogP) is 1.94. The molecule has 0 aliphatic carbocycles. The third-order valence-corrected chi connectivity index (χ3v) is 2.30. The lowest BCUT2D eigenvalue weighted by molar-refractivity contribution is 0.734. The van der Waals surface area contributed by atoms with Crippen LogP contribution in [0.2, 0.25) is 0 Å². The lowest BCUT2D eigenvalue weighted by Gasteiger charge is -2.05. The topological polar surface area (TPSA) is 30.7 Å². The van der Waals surface area contributed by atoms with Crippen LogP contribution < -0.4 is 0 Å². The molecule has 0 atom stereocenters. The van der Waals surface area contributed by atoms with Crippen LogP contribution in [0.15, 0.2) is 30.3 Å². The van der Waals surface area contributed by atoms with E-state index in [2.05, 4.69) is 26.9 Å². The Morgan fingerprint density at radius 1 is 1.00 bits per heavy atom. The highest BCUT2D eigenvalue weighted by Gasteiger charge is 2.03. The molecule has 0 fully saturated rings. The van der Waals surface area contributed by atoms with Gasteiger partial charge in [-0.25, -0.2) is 0 Å². The maximum absolute atomic E-state index is 4.03. The van der Waals surface area contributed by atoms with Gasteiger partial charge in [0.25, 0.3) is 0 Å². The highest BCUT2D eigenvalue weighted by Crippen LogP contribution is 2.06. The quantitative estimate of drug-likeness (QED) is 0.719. The predicted molar refractivity (Wildman–Crippen MR) is 55.0 cm³/mol. The SMILES string of the molecule is Cc1nnc(C)n1Cc1ccccc1. The van der Waals surface area contributed by atoms with Gasteiger partial charge in [0.15, 0.2) is 0 Å². The molecule has 0 N–H and O–H groups in total. The Balaban J connectivity index is 2.27. The number of aromatic nitrogens is 3. The van der Waals surface area contributed by atoms with Crippen LogP contribution >= 0.6 is 0 Å². The number of nitrogens with zero attached hydrogens (tertiary/aromatic N) is 3. The largest absolute Gasteiger partial charge is 0.311 e. The van der Waals surface area contributed by atoms with Gasteiger partial charge in [0, 0.05) is 0 Å². The number of benzene rings is 1. The van der Waals surface area contributed by atoms with Crippen LogP contribution in [0, 0.1) is 13.8 Å². The Hall–Kier alpha value is -1.64. The molecule has 1 aromatic carbocycles. The Kier molecular flexibility index (Phi) is 2.31. The summed E-state index contributed by atoms with van der Waals surface area (Å²) in [6.45, 7) is 4.80. The number of rotatable bonds is 2. The van der Waals surface area contributed by atoms with E-state index in [1.165, 1.54) is 5.56 Å². The second-order valence-corrected chi connectivity index (χ2v) is 3.37. The normalized spacial score (nSPS) is 10.4. The van der Waals surface area contributed by atoms with E-state index in [-0.39, 0.29) is 0 Å². The summed E-state index contributed by atoms with van der Waals surface area (Å²) in [6, 6.07) is 10.3. The molecular formula is C11H13N3. The van der Waals surface area contributed by atoms with E-state index in [1.54, 1.807) is 0 Å². The molecule has 1 heterocycles. The Bertz CT molecular complexity index is 398. The van der Waals surface area contributed by atoms with E-state index < -0.39 is 0 Å². The van der Waals surface area contributed by atoms with Gasteiger partial charge >= 0.3 is 0 Å². The third kappa shape index (κ3) is 1.66. The van der Waals surface area contributed by atoms with E-state index in [0.29, 0.717) is 0 Å². The maximum atomic E-state index is 4.03. The summed E-state index contributed by atoms with van der Waals surface area (Å²) >= 11 is 0. The Morgan fingerprint density at radius 2 is 1.57 bits per heavy atom. The van der Waals surface area contributed by atoms with Gasteiger partial charge in [0.05, 0.1) is 6.54 Å². The molecule has 72 valence electrons. The van der Waals surface area contributed by atoms with Crippen LogP contribution in [0.5, 0.6) is 0 Å². The molecule has 3 heteroatoms. The zero-order valence-electron chi connectivity index (χ0n) is 8.44. The first-order valence-corrected chi connectivity index (χ1v) is 4.67. The Labute approximate surface area is 83.4 Å². The van der Waals surface area contributed by atoms with Crippen LogP contribution in [0.3, 0.4) is 0 Å². The minimum atomic E-state index is 0.853. The van der Waals surface area contributed by atoms with Gasteiger partial charge in [0.1, 0.15) is 11.6 Å². The zero-order chi connectivity index (χ0) is 9.97. The van der Waals surface area contributed by atoms with Crippen LogP contribution in [0.4, 0.5) is 0 Å². The number of aryl methyl sites for hydroxylation is 2. The minimum absolute atomic E-state index is 0.853. The van der Waals surface area contributed by atoms with Gasteiger partial charge in [-0.3, -0.25) is 0 Å². The van der Waals surface area contributed by atoms with Gasteiger partial charge in [-0.2, -0.15) is 0 Å². The Morgan fingerprint density at radius 3 is 2.14 bits per heavy atom. The van der Waals surface area contributed by atoms with Crippen LogP contribution in [0.1, 0.15) is 17.2 Å². The van der Waals surface area contributed by atoms with Crippen molar-refractivity contribution in [1.29, 1.82) is 0 Å². The highest BCUT2D eigenvalue weighted by molar-refractivity contribution is 5.15. The monoisotopic (exact) mass is 187 g/mol. The zero-order valence-corrected chi connectivity index (χ0v) is 8.44. The molecular weight excluding hydrogens is 174 g/mol. The molecule has 0 saturated heterocycles. The van der Waals surface area contributed by atoms with Crippen molar-refractivity contribution in [2.75, 3.05) is 0 Å². The second kappa shape index (κ2) is 3.62. The average Bonchev–Trinajstić information content (AvgIpc) is 2.51. The number of hydrogen-bond donors (Lipinski definition) is 0. The van der Waals surface area contributed by atoms with Crippen LogP contribution in [0.25, 0.3) is 0 Å². The lowest BCUT2D eigenvalue weighted by Crippen LogP contribution is -2.03. The van der Waals surface area contributed by atoms with Gasteiger partial charge in [0.2, 0.25) is 0 Å². The highest BCUT2D eigenvalue weighted by atomic mass is 15.3. The van der Waals surface area contributed by atoms with E-state index >= 15 is 0 Å². The van der Waals surface area contributed by atoms with Crippen LogP contribution in [-0.2, 0) is 6.54 Å². The summed E-state index contributed by atoms with van der Waals surface area (Å²) in [5, 5.41) is 8.05. The molecule has 0 unspecified atom stereocenters. The van der Waals surface area contributed by atoms with Crippen molar-refractivity contribution in [2.45, 2.75) is 20.4 Å². The molecule has 14 heavy (non-hydrogen) atoms. The molecule has 0 bridgehead atoms. The molecule has 0 saturated carbocycles. The second-order valence-electron chi connectivity index (χ2n) is 3.37. The maximum Gasteiger partial charge on any atom is 0.130 e. The van der Waals surface area contributed by atoms with Gasteiger partial charge in [-0.05, 0) is 19.4 Å². The molecule has 2 aromatic rings. The first kappa shape index (κ1) is 8.94. The third-order valence-electron chi connectivity index (χ3n) is 2.30. The minimum Gasteiger partial charge on any atom is -0.311 e. The first-order chi connectivity index (χ1) is 6.77. The summed E-state index contributed by atoms with van der Waals surface area (Å²) in [7, 11) is 0. The van der Waals surface area contributed by atoms with Crippen molar-refractivity contribution in [3.05, 3.63) is 47.5 Å².